The van der Waals surface area contributed by atoms with Crippen LogP contribution in [0.2, 0.25) is 0 Å². The Hall–Kier alpha value is -2.36. The highest BCUT2D eigenvalue weighted by Gasteiger charge is 2.12. The van der Waals surface area contributed by atoms with E-state index in [1.807, 2.05) is 6.07 Å². The van der Waals surface area contributed by atoms with Crippen LogP contribution < -0.4 is 11.5 Å². The Morgan fingerprint density at radius 2 is 1.44 bits per heavy atom. The number of aromatic hydroxyl groups is 2. The highest BCUT2D eigenvalue weighted by Crippen LogP contribution is 2.32. The van der Waals surface area contributed by atoms with Gasteiger partial charge < -0.3 is 21.7 Å². The van der Waals surface area contributed by atoms with E-state index in [2.05, 4.69) is 0 Å². The average molecular weight is 214 g/mol. The maximum atomic E-state index is 9.84. The Kier molecular flexibility index (Phi) is 1.45. The smallest absolute Gasteiger partial charge is 0.147 e. The fraction of sp³-hybridized carbons (Fsp3) is 0. The maximum absolute atomic E-state index is 9.84. The van der Waals surface area contributed by atoms with Gasteiger partial charge in [0, 0.05) is 10.4 Å². The van der Waals surface area contributed by atoms with Crippen LogP contribution in [0.1, 0.15) is 0 Å². The predicted molar refractivity (Wildman–Crippen MR) is 60.4 cm³/mol. The summed E-state index contributed by atoms with van der Waals surface area (Å²) in [4.78, 5) is 0. The number of hydrogen-bond acceptors (Lipinski definition) is 4. The van der Waals surface area contributed by atoms with E-state index in [-0.39, 0.29) is 17.2 Å². The molecule has 80 valence electrons. The molecule has 0 saturated carbocycles. The number of phenolic OH excluding ortho intramolecular Hbond substituents is 2. The molecule has 4 heteroatoms. The summed E-state index contributed by atoms with van der Waals surface area (Å²) in [5.74, 6) is 0.0496. The van der Waals surface area contributed by atoms with Crippen LogP contribution >= 0.6 is 0 Å². The minimum Gasteiger partial charge on any atom is -0.506 e. The third kappa shape index (κ3) is 0.839. The highest BCUT2D eigenvalue weighted by atomic mass is 16.3. The molecule has 0 atom stereocenters. The largest absolute Gasteiger partial charge is 0.506 e. The van der Waals surface area contributed by atoms with Crippen molar-refractivity contribution in [2.45, 2.75) is 0 Å². The second-order valence-electron chi connectivity index (χ2n) is 3.85. The number of benzene rings is 2. The Morgan fingerprint density at radius 1 is 0.812 bits per heavy atom. The predicted octanol–water partition coefficient (Wildman–Crippen LogP) is 1.15. The Morgan fingerprint density at radius 3 is 2.19 bits per heavy atom. The average Bonchev–Trinajstić information content (AvgIpc) is 2.23. The summed E-state index contributed by atoms with van der Waals surface area (Å²) in [6.07, 6.45) is 0. The van der Waals surface area contributed by atoms with Gasteiger partial charge in [0.1, 0.15) is 11.5 Å². The zero-order valence-corrected chi connectivity index (χ0v) is 8.36. The molecule has 0 heterocycles. The van der Waals surface area contributed by atoms with Crippen molar-refractivity contribution in [2.24, 2.45) is 0 Å². The van der Waals surface area contributed by atoms with E-state index < -0.39 is 0 Å². The summed E-state index contributed by atoms with van der Waals surface area (Å²) >= 11 is 0. The minimum atomic E-state index is 0.0197. The van der Waals surface area contributed by atoms with Crippen molar-refractivity contribution < 1.29 is 10.2 Å². The number of hydrogen-bond donors (Lipinski definition) is 4. The van der Waals surface area contributed by atoms with Crippen LogP contribution in [-0.4, -0.2) is 10.2 Å². The Labute approximate surface area is 90.4 Å². The van der Waals surface area contributed by atoms with Crippen molar-refractivity contribution in [3.63, 3.8) is 0 Å². The molecule has 0 aromatic heterocycles. The first-order chi connectivity index (χ1) is 7.61. The topological polar surface area (TPSA) is 92.5 Å². The summed E-state index contributed by atoms with van der Waals surface area (Å²) in [6, 6.07) is 6.81. The molecule has 6 N–H and O–H groups in total. The second-order valence-corrected chi connectivity index (χ2v) is 3.85. The van der Waals surface area contributed by atoms with Crippen LogP contribution in [0, 0.1) is 20.9 Å². The van der Waals surface area contributed by atoms with Crippen molar-refractivity contribution in [3.05, 3.63) is 45.1 Å². The first-order valence-electron chi connectivity index (χ1n) is 4.85. The number of anilines is 2. The lowest BCUT2D eigenvalue weighted by molar-refractivity contribution is 0.471. The van der Waals surface area contributed by atoms with E-state index in [1.165, 1.54) is 0 Å². The van der Waals surface area contributed by atoms with Crippen LogP contribution in [0.4, 0.5) is 11.4 Å². The molecule has 0 aliphatic heterocycles. The molecule has 2 aromatic carbocycles. The highest BCUT2D eigenvalue weighted by molar-refractivity contribution is 5.62. The normalized spacial score (nSPS) is 11.5. The molecule has 0 amide bonds. The Balaban J connectivity index is 2.68. The monoisotopic (exact) mass is 214 g/mol. The molecule has 2 aromatic rings. The van der Waals surface area contributed by atoms with Gasteiger partial charge >= 0.3 is 0 Å². The SMILES string of the molecule is Nc1ccc2c(c1O)=c1c(N)c(O)ccc1=2. The lowest BCUT2D eigenvalue weighted by Gasteiger charge is -2.11. The van der Waals surface area contributed by atoms with Gasteiger partial charge in [0.15, 0.2) is 0 Å². The van der Waals surface area contributed by atoms with E-state index in [9.17, 15) is 10.2 Å². The minimum absolute atomic E-state index is 0.0197. The fourth-order valence-electron chi connectivity index (χ4n) is 2.12. The molecule has 16 heavy (non-hydrogen) atoms. The van der Waals surface area contributed by atoms with Gasteiger partial charge in [0.05, 0.1) is 11.4 Å². The van der Waals surface area contributed by atoms with Crippen LogP contribution in [0.15, 0.2) is 24.3 Å². The molecule has 0 radical (unpaired) electrons. The summed E-state index contributed by atoms with van der Waals surface area (Å²) in [5, 5.41) is 22.5. The van der Waals surface area contributed by atoms with Gasteiger partial charge in [-0.05, 0) is 28.6 Å². The van der Waals surface area contributed by atoms with Crippen molar-refractivity contribution in [2.75, 3.05) is 11.5 Å². The van der Waals surface area contributed by atoms with Gasteiger partial charge in [-0.25, -0.2) is 0 Å². The lowest BCUT2D eigenvalue weighted by atomic mass is 9.98. The first-order valence-corrected chi connectivity index (χ1v) is 4.85. The number of nitrogen functional groups attached to an aromatic ring is 2. The number of nitrogens with two attached hydrogens (primary N) is 2. The fourth-order valence-corrected chi connectivity index (χ4v) is 2.12. The van der Waals surface area contributed by atoms with E-state index >= 15 is 0 Å². The number of rotatable bonds is 0. The summed E-state index contributed by atoms with van der Waals surface area (Å²) in [6.45, 7) is 0. The van der Waals surface area contributed by atoms with Gasteiger partial charge in [0.25, 0.3) is 0 Å². The van der Waals surface area contributed by atoms with Gasteiger partial charge in [-0.15, -0.1) is 0 Å². The van der Waals surface area contributed by atoms with Crippen molar-refractivity contribution in [1.82, 2.24) is 0 Å². The summed E-state index contributed by atoms with van der Waals surface area (Å²) < 4.78 is 0. The molecule has 1 aliphatic rings. The molecular weight excluding hydrogens is 204 g/mol. The van der Waals surface area contributed by atoms with Crippen LogP contribution in [-0.2, 0) is 0 Å². The number of fused-ring (bicyclic) bond motifs is 2. The van der Waals surface area contributed by atoms with Gasteiger partial charge in [-0.2, -0.15) is 0 Å². The molecule has 0 fully saturated rings. The molecule has 0 unspecified atom stereocenters. The van der Waals surface area contributed by atoms with E-state index in [4.69, 9.17) is 11.5 Å². The Bertz CT molecular complexity index is 730. The van der Waals surface area contributed by atoms with Crippen LogP contribution in [0.3, 0.4) is 0 Å². The molecule has 1 aliphatic carbocycles. The van der Waals surface area contributed by atoms with Crippen molar-refractivity contribution in [3.8, 4) is 11.5 Å². The zero-order valence-electron chi connectivity index (χ0n) is 8.36. The zero-order chi connectivity index (χ0) is 11.4. The van der Waals surface area contributed by atoms with Gasteiger partial charge in [-0.3, -0.25) is 0 Å². The molecule has 0 saturated heterocycles. The standard InChI is InChI=1S/C12H10N2O2/c13-7-3-1-6-5-2-4-8(15)11(14)9(5)10(6)12(7)16/h1-4,15-16H,13-14H2. The first kappa shape index (κ1) is 8.91. The summed E-state index contributed by atoms with van der Waals surface area (Å²) in [5.41, 5.74) is 12.0. The van der Waals surface area contributed by atoms with Crippen LogP contribution in [0.25, 0.3) is 0 Å². The third-order valence-corrected chi connectivity index (χ3v) is 2.97. The number of phenols is 2. The lowest BCUT2D eigenvalue weighted by Crippen LogP contribution is -1.99. The molecule has 0 bridgehead atoms. The van der Waals surface area contributed by atoms with E-state index in [0.717, 1.165) is 10.4 Å². The third-order valence-electron chi connectivity index (χ3n) is 2.97. The summed E-state index contributed by atoms with van der Waals surface area (Å²) in [7, 11) is 0. The van der Waals surface area contributed by atoms with E-state index in [1.54, 1.807) is 18.2 Å². The van der Waals surface area contributed by atoms with Crippen LogP contribution in [0.5, 0.6) is 11.5 Å². The van der Waals surface area contributed by atoms with Gasteiger partial charge in [0.2, 0.25) is 0 Å². The van der Waals surface area contributed by atoms with E-state index in [0.29, 0.717) is 16.1 Å². The molecular formula is C12H10N2O2. The second kappa shape index (κ2) is 2.61. The van der Waals surface area contributed by atoms with Crippen molar-refractivity contribution in [1.29, 1.82) is 0 Å². The molecule has 0 spiro atoms. The quantitative estimate of drug-likeness (QED) is 0.333. The molecule has 4 nitrogen and oxygen atoms in total. The van der Waals surface area contributed by atoms with Crippen molar-refractivity contribution >= 4 is 11.4 Å². The maximum Gasteiger partial charge on any atom is 0.147 e. The van der Waals surface area contributed by atoms with Gasteiger partial charge in [-0.1, -0.05) is 6.07 Å². The molecule has 3 rings (SSSR count).